The lowest BCUT2D eigenvalue weighted by molar-refractivity contribution is -0.143. The number of carbonyl (C=O) groups is 2. The van der Waals surface area contributed by atoms with Gasteiger partial charge in [-0.15, -0.1) is 11.3 Å². The molecular weight excluding hydrogens is 460 g/mol. The number of Topliss-reactive ketones (excluding diaryl/α,β-unsaturated/α-hetero) is 1. The number of aliphatic hydroxyl groups is 2. The van der Waals surface area contributed by atoms with Crippen LogP contribution in [0.2, 0.25) is 0 Å². The predicted octanol–water partition coefficient (Wildman–Crippen LogP) is 4.92. The highest BCUT2D eigenvalue weighted by atomic mass is 32.1. The maximum Gasteiger partial charge on any atom is 0.223 e. The van der Waals surface area contributed by atoms with Gasteiger partial charge in [0.1, 0.15) is 5.78 Å². The molecule has 7 unspecified atom stereocenters. The molecule has 35 heavy (non-hydrogen) atoms. The Morgan fingerprint density at radius 3 is 2.54 bits per heavy atom. The largest absolute Gasteiger partial charge is 0.392 e. The summed E-state index contributed by atoms with van der Waals surface area (Å²) in [4.78, 5) is 30.9. The molecule has 1 aliphatic heterocycles. The van der Waals surface area contributed by atoms with Crippen molar-refractivity contribution < 1.29 is 19.8 Å². The zero-order chi connectivity index (χ0) is 26.1. The van der Waals surface area contributed by atoms with E-state index in [2.05, 4.69) is 17.2 Å². The fourth-order valence-corrected chi connectivity index (χ4v) is 6.25. The van der Waals surface area contributed by atoms with Crippen LogP contribution in [0.25, 0.3) is 6.08 Å². The maximum absolute atomic E-state index is 13.3. The highest BCUT2D eigenvalue weighted by molar-refractivity contribution is 7.09. The van der Waals surface area contributed by atoms with E-state index in [1.54, 1.807) is 32.1 Å². The number of nitrogens with zero attached hydrogens (tertiary/aromatic N) is 1. The Hall–Kier alpha value is -1.57. The van der Waals surface area contributed by atoms with Crippen molar-refractivity contribution in [1.82, 2.24) is 10.3 Å². The normalized spacial score (nSPS) is 37.5. The smallest absolute Gasteiger partial charge is 0.223 e. The van der Waals surface area contributed by atoms with Crippen molar-refractivity contribution in [3.63, 3.8) is 0 Å². The van der Waals surface area contributed by atoms with E-state index in [1.807, 2.05) is 32.2 Å². The van der Waals surface area contributed by atoms with Gasteiger partial charge in [-0.3, -0.25) is 9.59 Å². The Labute approximate surface area is 214 Å². The molecule has 1 aliphatic carbocycles. The summed E-state index contributed by atoms with van der Waals surface area (Å²) >= 11 is 1.60. The molecule has 1 amide bonds. The number of hydrogen-bond acceptors (Lipinski definition) is 6. The van der Waals surface area contributed by atoms with Crippen molar-refractivity contribution in [2.75, 3.05) is 0 Å². The van der Waals surface area contributed by atoms with Crippen LogP contribution in [-0.2, 0) is 9.59 Å². The first-order valence-corrected chi connectivity index (χ1v) is 13.9. The number of hydrogen-bond donors (Lipinski definition) is 3. The van der Waals surface area contributed by atoms with Crippen molar-refractivity contribution in [1.29, 1.82) is 0 Å². The highest BCUT2D eigenvalue weighted by Gasteiger charge is 2.50. The third kappa shape index (κ3) is 6.60. The molecule has 2 aliphatic rings. The van der Waals surface area contributed by atoms with Gasteiger partial charge in [-0.05, 0) is 68.4 Å². The SMILES string of the molecule is CC(=Cc1csc(C)n1)C1CC2CC2(C)CCCC(C)C(O)C(C)C(=O)C(C)(C)C(O)CC(=O)N1. The van der Waals surface area contributed by atoms with Crippen molar-refractivity contribution in [2.24, 2.45) is 28.6 Å². The van der Waals surface area contributed by atoms with Gasteiger partial charge >= 0.3 is 0 Å². The third-order valence-corrected chi connectivity index (χ3v) is 9.51. The van der Waals surface area contributed by atoms with E-state index in [-0.39, 0.29) is 35.5 Å². The van der Waals surface area contributed by atoms with E-state index in [0.717, 1.165) is 48.4 Å². The fraction of sp³-hybridized carbons (Fsp3) is 0.750. The van der Waals surface area contributed by atoms with Crippen LogP contribution in [0.4, 0.5) is 0 Å². The minimum Gasteiger partial charge on any atom is -0.392 e. The monoisotopic (exact) mass is 504 g/mol. The number of fused-ring (bicyclic) bond motifs is 1. The number of aliphatic hydroxyl groups excluding tert-OH is 2. The standard InChI is InChI=1S/C28H44N2O4S/c1-16-9-8-10-28(7)14-20(28)12-22(17(2)11-21-15-35-19(4)29-21)30-24(32)13-23(31)27(5,6)26(34)18(3)25(16)33/h11,15-16,18,20,22-23,25,31,33H,8-10,12-14H2,1-7H3,(H,30,32). The molecule has 7 atom stereocenters. The summed E-state index contributed by atoms with van der Waals surface area (Å²) in [6.07, 6.45) is 4.92. The number of nitrogens with one attached hydrogen (secondary N) is 1. The summed E-state index contributed by atoms with van der Waals surface area (Å²) in [6, 6.07) is -0.144. The van der Waals surface area contributed by atoms with Crippen molar-refractivity contribution in [3.05, 3.63) is 21.7 Å². The summed E-state index contributed by atoms with van der Waals surface area (Å²) < 4.78 is 0. The Bertz CT molecular complexity index is 955. The van der Waals surface area contributed by atoms with E-state index in [1.165, 1.54) is 0 Å². The van der Waals surface area contributed by atoms with Crippen LogP contribution >= 0.6 is 11.3 Å². The second kappa shape index (κ2) is 10.8. The minimum atomic E-state index is -1.14. The zero-order valence-corrected chi connectivity index (χ0v) is 23.2. The van der Waals surface area contributed by atoms with Gasteiger partial charge in [0.25, 0.3) is 0 Å². The van der Waals surface area contributed by atoms with Gasteiger partial charge < -0.3 is 15.5 Å². The van der Waals surface area contributed by atoms with Crippen LogP contribution in [0.15, 0.2) is 11.0 Å². The van der Waals surface area contributed by atoms with Crippen LogP contribution in [0.5, 0.6) is 0 Å². The lowest BCUT2D eigenvalue weighted by atomic mass is 9.72. The van der Waals surface area contributed by atoms with E-state index in [4.69, 9.17) is 0 Å². The van der Waals surface area contributed by atoms with Crippen LogP contribution < -0.4 is 5.32 Å². The number of rotatable bonds is 2. The molecule has 0 radical (unpaired) electrons. The van der Waals surface area contributed by atoms with Gasteiger partial charge in [-0.25, -0.2) is 4.98 Å². The highest BCUT2D eigenvalue weighted by Crippen LogP contribution is 2.58. The Morgan fingerprint density at radius 2 is 1.91 bits per heavy atom. The summed E-state index contributed by atoms with van der Waals surface area (Å²) in [5.74, 6) is -0.553. The average molecular weight is 505 g/mol. The molecule has 0 bridgehead atoms. The second-order valence-corrected chi connectivity index (χ2v) is 13.1. The number of thiazole rings is 1. The molecule has 2 heterocycles. The summed E-state index contributed by atoms with van der Waals surface area (Å²) in [5, 5.41) is 28.0. The Balaban J connectivity index is 1.85. The molecule has 1 saturated heterocycles. The van der Waals surface area contributed by atoms with Crippen molar-refractivity contribution in [3.8, 4) is 0 Å². The van der Waals surface area contributed by atoms with Crippen LogP contribution in [0, 0.1) is 35.5 Å². The van der Waals surface area contributed by atoms with E-state index in [0.29, 0.717) is 5.92 Å². The number of amides is 1. The first-order valence-electron chi connectivity index (χ1n) is 13.0. The molecule has 3 rings (SSSR count). The van der Waals surface area contributed by atoms with Crippen LogP contribution in [0.1, 0.15) is 90.8 Å². The summed E-state index contributed by atoms with van der Waals surface area (Å²) in [7, 11) is 0. The second-order valence-electron chi connectivity index (χ2n) is 12.0. The third-order valence-electron chi connectivity index (χ3n) is 8.72. The molecule has 1 saturated carbocycles. The number of aryl methyl sites for hydroxylation is 1. The molecule has 3 N–H and O–H groups in total. The van der Waals surface area contributed by atoms with E-state index >= 15 is 0 Å². The van der Waals surface area contributed by atoms with Gasteiger partial charge in [-0.2, -0.15) is 0 Å². The molecule has 2 fully saturated rings. The summed E-state index contributed by atoms with van der Waals surface area (Å²) in [5.41, 5.74) is 1.06. The van der Waals surface area contributed by atoms with Gasteiger partial charge in [0.15, 0.2) is 0 Å². The molecule has 1 aromatic rings. The van der Waals surface area contributed by atoms with E-state index in [9.17, 15) is 19.8 Å². The fourth-order valence-electron chi connectivity index (χ4n) is 5.68. The van der Waals surface area contributed by atoms with Gasteiger partial charge in [0.05, 0.1) is 40.8 Å². The molecule has 196 valence electrons. The van der Waals surface area contributed by atoms with Crippen molar-refractivity contribution in [2.45, 2.75) is 105 Å². The van der Waals surface area contributed by atoms with Crippen LogP contribution in [-0.4, -0.2) is 45.1 Å². The lowest BCUT2D eigenvalue weighted by Crippen LogP contribution is -2.47. The molecular formula is C28H44N2O4S. The van der Waals surface area contributed by atoms with Gasteiger partial charge in [-0.1, -0.05) is 41.0 Å². The number of ketones is 1. The first kappa shape index (κ1) is 28.0. The number of aromatic nitrogens is 1. The molecule has 7 heteroatoms. The molecule has 0 spiro atoms. The quantitative estimate of drug-likeness (QED) is 0.531. The number of carbonyl (C=O) groups excluding carboxylic acids is 2. The topological polar surface area (TPSA) is 99.5 Å². The van der Waals surface area contributed by atoms with Gasteiger partial charge in [0, 0.05) is 11.3 Å². The molecule has 0 aromatic carbocycles. The zero-order valence-electron chi connectivity index (χ0n) is 22.4. The van der Waals surface area contributed by atoms with Crippen molar-refractivity contribution >= 4 is 29.1 Å². The Kier molecular flexibility index (Phi) is 8.65. The summed E-state index contributed by atoms with van der Waals surface area (Å²) in [6.45, 7) is 13.4. The van der Waals surface area contributed by atoms with Crippen LogP contribution in [0.3, 0.4) is 0 Å². The predicted molar refractivity (Wildman–Crippen MR) is 141 cm³/mol. The Morgan fingerprint density at radius 1 is 1.23 bits per heavy atom. The minimum absolute atomic E-state index is 0.00149. The first-order chi connectivity index (χ1) is 16.2. The maximum atomic E-state index is 13.3. The molecule has 6 nitrogen and oxygen atoms in total. The lowest BCUT2D eigenvalue weighted by Gasteiger charge is -2.35. The van der Waals surface area contributed by atoms with E-state index < -0.39 is 23.5 Å². The molecule has 1 aromatic heterocycles. The van der Waals surface area contributed by atoms with Gasteiger partial charge in [0.2, 0.25) is 5.91 Å². The average Bonchev–Trinajstić information content (AvgIpc) is 3.22.